The van der Waals surface area contributed by atoms with Crippen molar-refractivity contribution < 1.29 is 32.3 Å². The molecule has 0 bridgehead atoms. The van der Waals surface area contributed by atoms with E-state index in [0.717, 1.165) is 0 Å². The van der Waals surface area contributed by atoms with E-state index < -0.39 is 47.0 Å². The van der Waals surface area contributed by atoms with E-state index in [2.05, 4.69) is 0 Å². The summed E-state index contributed by atoms with van der Waals surface area (Å²) in [5, 5.41) is 10.9. The molecule has 0 aliphatic heterocycles. The Balaban J connectivity index is 0.00000232. The number of halogens is 4. The van der Waals surface area contributed by atoms with E-state index in [1.807, 2.05) is 19.2 Å². The molecule has 2 N–H and O–H groups in total. The fourth-order valence-electron chi connectivity index (χ4n) is 1.61. The van der Waals surface area contributed by atoms with Crippen LogP contribution < -0.4 is 5.32 Å². The molecule has 0 aliphatic carbocycles. The van der Waals surface area contributed by atoms with E-state index in [9.17, 15) is 27.2 Å². The third kappa shape index (κ3) is 5.88. The average molecular weight is 337 g/mol. The van der Waals surface area contributed by atoms with Crippen molar-refractivity contribution in [1.82, 2.24) is 5.32 Å². The molecule has 23 heavy (non-hydrogen) atoms. The number of rotatable bonds is 4. The highest BCUT2D eigenvalue weighted by molar-refractivity contribution is 5.97. The number of hydrogen-bond acceptors (Lipinski definition) is 2. The van der Waals surface area contributed by atoms with Crippen molar-refractivity contribution in [2.45, 2.75) is 39.9 Å². The fourth-order valence-corrected chi connectivity index (χ4v) is 1.61. The van der Waals surface area contributed by atoms with E-state index >= 15 is 0 Å². The molecule has 0 aliphatic rings. The number of carbonyl (C=O) groups is 2. The summed E-state index contributed by atoms with van der Waals surface area (Å²) < 4.78 is 51.1. The number of carboxylic acid groups (broad SMARTS) is 1. The summed E-state index contributed by atoms with van der Waals surface area (Å²) in [6.07, 6.45) is -4.73. The van der Waals surface area contributed by atoms with Crippen molar-refractivity contribution in [1.29, 1.82) is 0 Å². The zero-order chi connectivity index (χ0) is 18.4. The van der Waals surface area contributed by atoms with Gasteiger partial charge in [0.05, 0.1) is 11.1 Å². The van der Waals surface area contributed by atoms with Crippen molar-refractivity contribution in [3.63, 3.8) is 0 Å². The third-order valence-corrected chi connectivity index (χ3v) is 2.76. The molecule has 1 atom stereocenters. The topological polar surface area (TPSA) is 66.4 Å². The first-order chi connectivity index (χ1) is 10.5. The lowest BCUT2D eigenvalue weighted by atomic mass is 10.0. The number of amides is 1. The van der Waals surface area contributed by atoms with E-state index in [0.29, 0.717) is 18.2 Å². The Bertz CT molecular complexity index is 556. The maximum absolute atomic E-state index is 13.5. The van der Waals surface area contributed by atoms with Crippen LogP contribution in [0.25, 0.3) is 0 Å². The van der Waals surface area contributed by atoms with Crippen molar-refractivity contribution in [3.8, 4) is 0 Å². The molecule has 1 unspecified atom stereocenters. The van der Waals surface area contributed by atoms with Crippen LogP contribution in [0.1, 0.15) is 43.6 Å². The van der Waals surface area contributed by atoms with Crippen molar-refractivity contribution >= 4 is 11.9 Å². The monoisotopic (exact) mass is 337 g/mol. The third-order valence-electron chi connectivity index (χ3n) is 2.76. The molecule has 130 valence electrons. The smallest absolute Gasteiger partial charge is 0.416 e. The summed E-state index contributed by atoms with van der Waals surface area (Å²) in [4.78, 5) is 22.7. The van der Waals surface area contributed by atoms with Crippen LogP contribution in [-0.2, 0) is 11.0 Å². The summed E-state index contributed by atoms with van der Waals surface area (Å²) in [5.74, 6) is -4.24. The second-order valence-corrected chi connectivity index (χ2v) is 4.73. The summed E-state index contributed by atoms with van der Waals surface area (Å²) in [5.41, 5.74) is -2.04. The van der Waals surface area contributed by atoms with Gasteiger partial charge in [0.25, 0.3) is 5.91 Å². The summed E-state index contributed by atoms with van der Waals surface area (Å²) in [6, 6.07) is 0.0437. The van der Waals surface area contributed by atoms with Crippen LogP contribution in [0.15, 0.2) is 18.2 Å². The van der Waals surface area contributed by atoms with E-state index in [-0.39, 0.29) is 0 Å². The Kier molecular flexibility index (Phi) is 7.71. The SMILES string of the molecule is CC.CC(C)C(NC(=O)c1cc(C(F)(F)F)ccc1F)C(=O)O. The lowest BCUT2D eigenvalue weighted by molar-refractivity contribution is -0.140. The number of alkyl halides is 3. The summed E-state index contributed by atoms with van der Waals surface area (Å²) in [6.45, 7) is 7.00. The Labute approximate surface area is 131 Å². The maximum Gasteiger partial charge on any atom is 0.416 e. The van der Waals surface area contributed by atoms with Crippen LogP contribution in [0, 0.1) is 11.7 Å². The van der Waals surface area contributed by atoms with Gasteiger partial charge in [-0.25, -0.2) is 9.18 Å². The van der Waals surface area contributed by atoms with Crippen molar-refractivity contribution in [2.75, 3.05) is 0 Å². The molecular weight excluding hydrogens is 318 g/mol. The predicted octanol–water partition coefficient (Wildman–Crippen LogP) is 3.71. The Hall–Kier alpha value is -2.12. The van der Waals surface area contributed by atoms with Gasteiger partial charge in [-0.15, -0.1) is 0 Å². The van der Waals surface area contributed by atoms with Gasteiger partial charge in [0.15, 0.2) is 0 Å². The first-order valence-electron chi connectivity index (χ1n) is 6.94. The van der Waals surface area contributed by atoms with E-state index in [1.54, 1.807) is 0 Å². The standard InChI is InChI=1S/C13H13F4NO3.C2H6/c1-6(2)10(12(20)21)18-11(19)8-5-7(13(15,16)17)3-4-9(8)14;1-2/h3-6,10H,1-2H3,(H,18,19)(H,20,21);1-2H3. The lowest BCUT2D eigenvalue weighted by Crippen LogP contribution is -2.44. The first-order valence-corrected chi connectivity index (χ1v) is 6.94. The average Bonchev–Trinajstić information content (AvgIpc) is 2.45. The molecule has 0 fully saturated rings. The Morgan fingerprint density at radius 1 is 1.17 bits per heavy atom. The summed E-state index contributed by atoms with van der Waals surface area (Å²) in [7, 11) is 0. The predicted molar refractivity (Wildman–Crippen MR) is 76.5 cm³/mol. The second-order valence-electron chi connectivity index (χ2n) is 4.73. The van der Waals surface area contributed by atoms with Crippen LogP contribution in [0.2, 0.25) is 0 Å². The van der Waals surface area contributed by atoms with Gasteiger partial charge in [-0.05, 0) is 24.1 Å². The van der Waals surface area contributed by atoms with Crippen LogP contribution in [0.5, 0.6) is 0 Å². The zero-order valence-electron chi connectivity index (χ0n) is 13.2. The van der Waals surface area contributed by atoms with E-state index in [1.165, 1.54) is 13.8 Å². The van der Waals surface area contributed by atoms with Crippen LogP contribution in [0.4, 0.5) is 17.6 Å². The van der Waals surface area contributed by atoms with Crippen LogP contribution >= 0.6 is 0 Å². The number of nitrogens with one attached hydrogen (secondary N) is 1. The normalized spacial score (nSPS) is 12.2. The van der Waals surface area contributed by atoms with Gasteiger partial charge >= 0.3 is 12.1 Å². The Morgan fingerprint density at radius 2 is 1.70 bits per heavy atom. The zero-order valence-corrected chi connectivity index (χ0v) is 13.2. The Morgan fingerprint density at radius 3 is 2.09 bits per heavy atom. The molecule has 0 aromatic heterocycles. The van der Waals surface area contributed by atoms with Gasteiger partial charge in [0, 0.05) is 0 Å². The highest BCUT2D eigenvalue weighted by atomic mass is 19.4. The van der Waals surface area contributed by atoms with Gasteiger partial charge in [-0.2, -0.15) is 13.2 Å². The fraction of sp³-hybridized carbons (Fsp3) is 0.467. The van der Waals surface area contributed by atoms with Gasteiger partial charge in [0.1, 0.15) is 11.9 Å². The maximum atomic E-state index is 13.5. The molecule has 0 spiro atoms. The van der Waals surface area contributed by atoms with Gasteiger partial charge < -0.3 is 10.4 Å². The molecule has 4 nitrogen and oxygen atoms in total. The molecule has 0 saturated heterocycles. The molecular formula is C15H19F4NO3. The second kappa shape index (κ2) is 8.50. The minimum atomic E-state index is -4.73. The molecule has 8 heteroatoms. The molecule has 0 saturated carbocycles. The highest BCUT2D eigenvalue weighted by Crippen LogP contribution is 2.30. The number of hydrogen-bond donors (Lipinski definition) is 2. The quantitative estimate of drug-likeness (QED) is 0.823. The first kappa shape index (κ1) is 20.9. The highest BCUT2D eigenvalue weighted by Gasteiger charge is 2.32. The summed E-state index contributed by atoms with van der Waals surface area (Å²) >= 11 is 0. The number of aliphatic carboxylic acids is 1. The minimum absolute atomic E-state index is 0.351. The van der Waals surface area contributed by atoms with Crippen molar-refractivity contribution in [2.24, 2.45) is 5.92 Å². The van der Waals surface area contributed by atoms with Crippen molar-refractivity contribution in [3.05, 3.63) is 35.1 Å². The van der Waals surface area contributed by atoms with Gasteiger partial charge in [0.2, 0.25) is 0 Å². The minimum Gasteiger partial charge on any atom is -0.480 e. The molecule has 1 aromatic carbocycles. The number of benzene rings is 1. The molecule has 1 amide bonds. The largest absolute Gasteiger partial charge is 0.480 e. The van der Waals surface area contributed by atoms with Gasteiger partial charge in [-0.3, -0.25) is 4.79 Å². The number of carboxylic acids is 1. The molecule has 1 aromatic rings. The van der Waals surface area contributed by atoms with Crippen LogP contribution in [-0.4, -0.2) is 23.0 Å². The van der Waals surface area contributed by atoms with Gasteiger partial charge in [-0.1, -0.05) is 27.7 Å². The molecule has 0 heterocycles. The lowest BCUT2D eigenvalue weighted by Gasteiger charge is -2.18. The van der Waals surface area contributed by atoms with Crippen LogP contribution in [0.3, 0.4) is 0 Å². The number of carbonyl (C=O) groups excluding carboxylic acids is 1. The molecule has 1 rings (SSSR count). The molecule has 0 radical (unpaired) electrons. The van der Waals surface area contributed by atoms with E-state index in [4.69, 9.17) is 5.11 Å².